The molecule has 5 rings (SSSR count). The van der Waals surface area contributed by atoms with Crippen LogP contribution in [0.4, 0.5) is 0 Å². The summed E-state index contributed by atoms with van der Waals surface area (Å²) in [5.41, 5.74) is 3.08. The Balaban J connectivity index is 1.70. The fourth-order valence-corrected chi connectivity index (χ4v) is 4.91. The lowest BCUT2D eigenvalue weighted by Gasteiger charge is -2.08. The van der Waals surface area contributed by atoms with Gasteiger partial charge in [0.2, 0.25) is 0 Å². The second kappa shape index (κ2) is 7.00. The number of halogens is 1. The van der Waals surface area contributed by atoms with Gasteiger partial charge in [-0.2, -0.15) is 0 Å². The van der Waals surface area contributed by atoms with E-state index in [1.165, 1.54) is 11.3 Å². The predicted octanol–water partition coefficient (Wildman–Crippen LogP) is 6.09. The smallest absolute Gasteiger partial charge is 0.263 e. The predicted molar refractivity (Wildman–Crippen MR) is 120 cm³/mol. The summed E-state index contributed by atoms with van der Waals surface area (Å²) in [5.74, 6) is 0. The average Bonchev–Trinajstić information content (AvgIpc) is 3.14. The summed E-state index contributed by atoms with van der Waals surface area (Å²) in [6.07, 6.45) is 1.65. The van der Waals surface area contributed by atoms with Crippen LogP contribution in [0.15, 0.2) is 87.7 Å². The lowest BCUT2D eigenvalue weighted by Crippen LogP contribution is -2.21. The van der Waals surface area contributed by atoms with Gasteiger partial charge in [-0.15, -0.1) is 11.3 Å². The zero-order valence-corrected chi connectivity index (χ0v) is 17.2. The third-order valence-electron chi connectivity index (χ3n) is 4.88. The van der Waals surface area contributed by atoms with Crippen molar-refractivity contribution in [2.75, 3.05) is 0 Å². The monoisotopic (exact) mass is 446 g/mol. The molecule has 5 heteroatoms. The zero-order chi connectivity index (χ0) is 19.1. The zero-order valence-electron chi connectivity index (χ0n) is 14.8. The highest BCUT2D eigenvalue weighted by Crippen LogP contribution is 2.35. The van der Waals surface area contributed by atoms with Gasteiger partial charge in [-0.25, -0.2) is 4.98 Å². The lowest BCUT2D eigenvalue weighted by molar-refractivity contribution is 0.749. The van der Waals surface area contributed by atoms with Crippen molar-refractivity contribution in [3.63, 3.8) is 0 Å². The number of rotatable bonds is 3. The maximum atomic E-state index is 13.3. The molecule has 0 bridgehead atoms. The van der Waals surface area contributed by atoms with Crippen LogP contribution >= 0.6 is 27.3 Å². The Morgan fingerprint density at radius 3 is 2.68 bits per heavy atom. The fourth-order valence-electron chi connectivity index (χ4n) is 3.57. The molecule has 3 nitrogen and oxygen atoms in total. The Kier molecular flexibility index (Phi) is 4.34. The van der Waals surface area contributed by atoms with Crippen LogP contribution in [-0.4, -0.2) is 9.55 Å². The van der Waals surface area contributed by atoms with Crippen molar-refractivity contribution < 1.29 is 0 Å². The van der Waals surface area contributed by atoms with Gasteiger partial charge >= 0.3 is 0 Å². The van der Waals surface area contributed by atoms with Gasteiger partial charge in [-0.1, -0.05) is 70.5 Å². The molecule has 28 heavy (non-hydrogen) atoms. The van der Waals surface area contributed by atoms with E-state index in [1.54, 1.807) is 10.9 Å². The number of thiophene rings is 1. The van der Waals surface area contributed by atoms with Crippen LogP contribution in [0.2, 0.25) is 0 Å². The summed E-state index contributed by atoms with van der Waals surface area (Å²) >= 11 is 5.01. The topological polar surface area (TPSA) is 34.9 Å². The molecule has 0 spiro atoms. The quantitative estimate of drug-likeness (QED) is 0.336. The normalized spacial score (nSPS) is 11.3. The Hall–Kier alpha value is -2.76. The molecule has 0 aliphatic heterocycles. The van der Waals surface area contributed by atoms with E-state index in [9.17, 15) is 4.79 Å². The maximum absolute atomic E-state index is 13.3. The molecular weight excluding hydrogens is 432 g/mol. The Morgan fingerprint density at radius 2 is 1.79 bits per heavy atom. The first-order valence-electron chi connectivity index (χ1n) is 8.90. The number of hydrogen-bond acceptors (Lipinski definition) is 3. The highest BCUT2D eigenvalue weighted by molar-refractivity contribution is 9.10. The molecule has 0 amide bonds. The Labute approximate surface area is 174 Å². The van der Waals surface area contributed by atoms with E-state index in [0.29, 0.717) is 11.9 Å². The second-order valence-electron chi connectivity index (χ2n) is 6.66. The summed E-state index contributed by atoms with van der Waals surface area (Å²) in [4.78, 5) is 18.7. The molecule has 5 aromatic rings. The largest absolute Gasteiger partial charge is 0.294 e. The van der Waals surface area contributed by atoms with Crippen LogP contribution in [0.5, 0.6) is 0 Å². The van der Waals surface area contributed by atoms with Crippen molar-refractivity contribution in [2.45, 2.75) is 6.54 Å². The van der Waals surface area contributed by atoms with Gasteiger partial charge in [0.1, 0.15) is 4.83 Å². The highest BCUT2D eigenvalue weighted by Gasteiger charge is 2.15. The van der Waals surface area contributed by atoms with Gasteiger partial charge in [0.15, 0.2) is 0 Å². The third kappa shape index (κ3) is 2.97. The molecular formula is C23H15BrN2OS. The molecule has 0 N–H and O–H groups in total. The van der Waals surface area contributed by atoms with Crippen molar-refractivity contribution >= 4 is 48.3 Å². The Morgan fingerprint density at radius 1 is 0.964 bits per heavy atom. The molecule has 0 atom stereocenters. The first-order valence-corrected chi connectivity index (χ1v) is 10.6. The van der Waals surface area contributed by atoms with E-state index in [2.05, 4.69) is 45.2 Å². The van der Waals surface area contributed by atoms with Crippen molar-refractivity contribution in [3.05, 3.63) is 98.8 Å². The third-order valence-corrected chi connectivity index (χ3v) is 6.26. The van der Waals surface area contributed by atoms with Crippen LogP contribution in [0.25, 0.3) is 32.1 Å². The van der Waals surface area contributed by atoms with E-state index >= 15 is 0 Å². The van der Waals surface area contributed by atoms with Crippen molar-refractivity contribution in [1.82, 2.24) is 9.55 Å². The Bertz CT molecular complexity index is 1380. The van der Waals surface area contributed by atoms with Gasteiger partial charge < -0.3 is 0 Å². The number of nitrogens with zero attached hydrogens (tertiary/aromatic N) is 2. The van der Waals surface area contributed by atoms with Crippen LogP contribution in [-0.2, 0) is 6.54 Å². The molecule has 2 heterocycles. The molecule has 0 saturated heterocycles. The lowest BCUT2D eigenvalue weighted by atomic mass is 9.99. The second-order valence-corrected chi connectivity index (χ2v) is 8.44. The van der Waals surface area contributed by atoms with Crippen molar-refractivity contribution in [3.8, 4) is 11.1 Å². The first-order chi connectivity index (χ1) is 13.7. The molecule has 2 aromatic heterocycles. The number of hydrogen-bond donors (Lipinski definition) is 0. The van der Waals surface area contributed by atoms with Gasteiger partial charge in [-0.05, 0) is 34.0 Å². The number of fused-ring (bicyclic) bond motifs is 2. The summed E-state index contributed by atoms with van der Waals surface area (Å²) in [5, 5.41) is 5.05. The van der Waals surface area contributed by atoms with Gasteiger partial charge in [-0.3, -0.25) is 9.36 Å². The molecule has 0 fully saturated rings. The number of aromatic nitrogens is 2. The highest BCUT2D eigenvalue weighted by atomic mass is 79.9. The maximum Gasteiger partial charge on any atom is 0.263 e. The average molecular weight is 447 g/mol. The minimum absolute atomic E-state index is 0.00541. The van der Waals surface area contributed by atoms with Crippen LogP contribution < -0.4 is 5.56 Å². The van der Waals surface area contributed by atoms with Crippen LogP contribution in [0, 0.1) is 0 Å². The molecule has 0 radical (unpaired) electrons. The van der Waals surface area contributed by atoms with Crippen LogP contribution in [0.3, 0.4) is 0 Å². The molecule has 136 valence electrons. The summed E-state index contributed by atoms with van der Waals surface area (Å²) in [6.45, 7) is 0.492. The first kappa shape index (κ1) is 17.3. The van der Waals surface area contributed by atoms with E-state index in [0.717, 1.165) is 36.8 Å². The van der Waals surface area contributed by atoms with E-state index < -0.39 is 0 Å². The minimum atomic E-state index is -0.00541. The van der Waals surface area contributed by atoms with E-state index in [1.807, 2.05) is 47.8 Å². The number of benzene rings is 3. The molecule has 3 aromatic carbocycles. The van der Waals surface area contributed by atoms with E-state index in [4.69, 9.17) is 0 Å². The fraction of sp³-hybridized carbons (Fsp3) is 0.0435. The van der Waals surface area contributed by atoms with Gasteiger partial charge in [0.25, 0.3) is 5.56 Å². The molecule has 0 saturated carbocycles. The van der Waals surface area contributed by atoms with Crippen LogP contribution in [0.1, 0.15) is 5.56 Å². The summed E-state index contributed by atoms with van der Waals surface area (Å²) in [7, 11) is 0. The van der Waals surface area contributed by atoms with Gasteiger partial charge in [0, 0.05) is 15.4 Å². The molecule has 0 unspecified atom stereocenters. The molecule has 0 aliphatic carbocycles. The van der Waals surface area contributed by atoms with Crippen molar-refractivity contribution in [1.29, 1.82) is 0 Å². The molecule has 0 aliphatic rings. The summed E-state index contributed by atoms with van der Waals surface area (Å²) < 4.78 is 2.69. The summed E-state index contributed by atoms with van der Waals surface area (Å²) in [6, 6.07) is 22.5. The van der Waals surface area contributed by atoms with Crippen molar-refractivity contribution in [2.24, 2.45) is 0 Å². The van der Waals surface area contributed by atoms with Gasteiger partial charge in [0.05, 0.1) is 18.3 Å². The SMILES string of the molecule is O=c1c2c(-c3cccc4ccccc34)csc2ncn1Cc1cccc(Br)c1. The minimum Gasteiger partial charge on any atom is -0.294 e. The standard InChI is InChI=1S/C23H15BrN2OS/c24-17-8-3-5-15(11-17)12-26-14-25-22-21(23(26)27)20(13-28-22)19-10-4-7-16-6-1-2-9-18(16)19/h1-11,13-14H,12H2. The van der Waals surface area contributed by atoms with E-state index in [-0.39, 0.29) is 5.56 Å².